The van der Waals surface area contributed by atoms with Gasteiger partial charge in [-0.25, -0.2) is 0 Å². The zero-order valence-corrected chi connectivity index (χ0v) is 17.5. The molecule has 0 aromatic heterocycles. The predicted octanol–water partition coefficient (Wildman–Crippen LogP) is 4.76. The second-order valence-electron chi connectivity index (χ2n) is 8.17. The van der Waals surface area contributed by atoms with Crippen LogP contribution in [0.15, 0.2) is 54.6 Å². The highest BCUT2D eigenvalue weighted by molar-refractivity contribution is 5.86. The molecule has 3 rings (SSSR count). The monoisotopic (exact) mass is 378 g/mol. The highest BCUT2D eigenvalue weighted by Gasteiger charge is 2.24. The molecular weight excluding hydrogens is 344 g/mol. The number of carbonyl (C=O) groups is 1. The summed E-state index contributed by atoms with van der Waals surface area (Å²) < 4.78 is 0. The van der Waals surface area contributed by atoms with Gasteiger partial charge in [-0.3, -0.25) is 9.69 Å². The van der Waals surface area contributed by atoms with Gasteiger partial charge in [-0.2, -0.15) is 0 Å². The van der Waals surface area contributed by atoms with Crippen LogP contribution in [0.5, 0.6) is 0 Å². The molecule has 2 aromatic carbocycles. The summed E-state index contributed by atoms with van der Waals surface area (Å²) in [6, 6.07) is 20.0. The lowest BCUT2D eigenvalue weighted by Gasteiger charge is -2.39. The number of likely N-dealkylation sites (N-methyl/N-ethyl adjacent to an activating group) is 1. The van der Waals surface area contributed by atoms with Gasteiger partial charge >= 0.3 is 0 Å². The number of nitrogens with zero attached hydrogens (tertiary/aromatic N) is 1. The lowest BCUT2D eigenvalue weighted by molar-refractivity contribution is -0.121. The summed E-state index contributed by atoms with van der Waals surface area (Å²) >= 11 is 0. The van der Waals surface area contributed by atoms with Gasteiger partial charge in [0.25, 0.3) is 0 Å². The Hall–Kier alpha value is -2.13. The molecule has 2 aromatic rings. The summed E-state index contributed by atoms with van der Waals surface area (Å²) in [5, 5.41) is 2.83. The molecule has 0 spiro atoms. The van der Waals surface area contributed by atoms with E-state index in [1.54, 1.807) is 7.05 Å². The third kappa shape index (κ3) is 5.02. The van der Waals surface area contributed by atoms with Gasteiger partial charge < -0.3 is 5.32 Å². The minimum atomic E-state index is -0.256. The van der Waals surface area contributed by atoms with Crippen molar-refractivity contribution in [2.45, 2.75) is 64.0 Å². The second-order valence-corrected chi connectivity index (χ2v) is 8.17. The number of likely N-dealkylation sites (tertiary alicyclic amines) is 1. The Morgan fingerprint density at radius 2 is 1.71 bits per heavy atom. The smallest absolute Gasteiger partial charge is 0.231 e. The molecule has 1 heterocycles. The predicted molar refractivity (Wildman–Crippen MR) is 117 cm³/mol. The Kier molecular flexibility index (Phi) is 7.27. The van der Waals surface area contributed by atoms with E-state index in [0.717, 1.165) is 30.5 Å². The number of rotatable bonds is 7. The summed E-state index contributed by atoms with van der Waals surface area (Å²) in [5.74, 6) is -0.215. The van der Waals surface area contributed by atoms with Crippen LogP contribution in [0.3, 0.4) is 0 Å². The molecule has 3 atom stereocenters. The Morgan fingerprint density at radius 3 is 2.39 bits per heavy atom. The molecule has 1 fully saturated rings. The van der Waals surface area contributed by atoms with E-state index in [4.69, 9.17) is 0 Å². The van der Waals surface area contributed by atoms with Crippen LogP contribution in [0.1, 0.15) is 62.1 Å². The summed E-state index contributed by atoms with van der Waals surface area (Å²) in [7, 11) is 1.71. The highest BCUT2D eigenvalue weighted by Crippen LogP contribution is 2.27. The van der Waals surface area contributed by atoms with Gasteiger partial charge in [0.05, 0.1) is 5.92 Å². The largest absolute Gasteiger partial charge is 0.358 e. The van der Waals surface area contributed by atoms with E-state index in [0.29, 0.717) is 12.1 Å². The van der Waals surface area contributed by atoms with Crippen molar-refractivity contribution in [3.8, 4) is 0 Å². The molecule has 28 heavy (non-hydrogen) atoms. The van der Waals surface area contributed by atoms with Crippen LogP contribution in [0.25, 0.3) is 0 Å². The van der Waals surface area contributed by atoms with Crippen LogP contribution in [-0.4, -0.2) is 36.5 Å². The normalized spacial score (nSPS) is 21.2. The lowest BCUT2D eigenvalue weighted by atomic mass is 9.89. The summed E-state index contributed by atoms with van der Waals surface area (Å²) in [6.07, 6.45) is 6.23. The fourth-order valence-corrected chi connectivity index (χ4v) is 4.59. The first-order valence-corrected chi connectivity index (χ1v) is 10.7. The lowest BCUT2D eigenvalue weighted by Crippen LogP contribution is -2.44. The molecule has 0 aliphatic carbocycles. The van der Waals surface area contributed by atoms with Crippen LogP contribution in [0.2, 0.25) is 0 Å². The van der Waals surface area contributed by atoms with Crippen LogP contribution in [0.4, 0.5) is 0 Å². The number of hydrogen-bond donors (Lipinski definition) is 1. The van der Waals surface area contributed by atoms with E-state index in [9.17, 15) is 4.79 Å². The van der Waals surface area contributed by atoms with Crippen molar-refractivity contribution < 1.29 is 4.79 Å². The van der Waals surface area contributed by atoms with Crippen molar-refractivity contribution in [2.24, 2.45) is 0 Å². The topological polar surface area (TPSA) is 32.3 Å². The number of amides is 1. The van der Waals surface area contributed by atoms with Crippen LogP contribution in [0, 0.1) is 0 Å². The van der Waals surface area contributed by atoms with Crippen LogP contribution < -0.4 is 5.32 Å². The first kappa shape index (κ1) is 20.6. The SMILES string of the molecule is CNC(=O)C(c1ccccc1)c1cccc(CCCN2C(C)CCCC2C)c1. The average Bonchev–Trinajstić information content (AvgIpc) is 2.71. The fourth-order valence-electron chi connectivity index (χ4n) is 4.59. The number of hydrogen-bond acceptors (Lipinski definition) is 2. The van der Waals surface area contributed by atoms with Gasteiger partial charge in [0, 0.05) is 19.1 Å². The van der Waals surface area contributed by atoms with Gasteiger partial charge in [0.2, 0.25) is 5.91 Å². The molecule has 0 bridgehead atoms. The van der Waals surface area contributed by atoms with E-state index in [1.807, 2.05) is 30.3 Å². The van der Waals surface area contributed by atoms with Crippen LogP contribution in [-0.2, 0) is 11.2 Å². The first-order chi connectivity index (χ1) is 13.6. The maximum atomic E-state index is 12.6. The second kappa shape index (κ2) is 9.88. The standard InChI is InChI=1S/C25H34N2O/c1-19-10-7-11-20(2)27(19)17-9-13-21-12-8-16-23(18-21)24(25(28)26-3)22-14-5-4-6-15-22/h4-6,8,12,14-16,18-20,24H,7,9-11,13,17H2,1-3H3,(H,26,28). The number of piperidine rings is 1. The molecule has 3 nitrogen and oxygen atoms in total. The maximum absolute atomic E-state index is 12.6. The molecule has 1 aliphatic rings. The third-order valence-electron chi connectivity index (χ3n) is 6.18. The zero-order valence-electron chi connectivity index (χ0n) is 17.5. The molecule has 3 unspecified atom stereocenters. The molecule has 1 aliphatic heterocycles. The van der Waals surface area contributed by atoms with Crippen molar-refractivity contribution in [2.75, 3.05) is 13.6 Å². The van der Waals surface area contributed by atoms with Crippen molar-refractivity contribution in [3.63, 3.8) is 0 Å². The van der Waals surface area contributed by atoms with E-state index < -0.39 is 0 Å². The number of nitrogens with one attached hydrogen (secondary N) is 1. The average molecular weight is 379 g/mol. The number of carbonyl (C=O) groups excluding carboxylic acids is 1. The molecule has 1 saturated heterocycles. The Morgan fingerprint density at radius 1 is 1.04 bits per heavy atom. The van der Waals surface area contributed by atoms with E-state index in [1.165, 1.54) is 24.8 Å². The maximum Gasteiger partial charge on any atom is 0.231 e. The third-order valence-corrected chi connectivity index (χ3v) is 6.18. The van der Waals surface area contributed by atoms with Gasteiger partial charge in [-0.05, 0) is 62.8 Å². The summed E-state index contributed by atoms with van der Waals surface area (Å²) in [4.78, 5) is 15.3. The van der Waals surface area contributed by atoms with Gasteiger partial charge in [0.15, 0.2) is 0 Å². The number of benzene rings is 2. The van der Waals surface area contributed by atoms with Crippen molar-refractivity contribution in [1.29, 1.82) is 0 Å². The van der Waals surface area contributed by atoms with Gasteiger partial charge in [0.1, 0.15) is 0 Å². The first-order valence-electron chi connectivity index (χ1n) is 10.7. The molecule has 150 valence electrons. The zero-order chi connectivity index (χ0) is 19.9. The molecule has 1 amide bonds. The van der Waals surface area contributed by atoms with Crippen molar-refractivity contribution in [3.05, 3.63) is 71.3 Å². The van der Waals surface area contributed by atoms with E-state index >= 15 is 0 Å². The summed E-state index contributed by atoms with van der Waals surface area (Å²) in [6.45, 7) is 5.89. The Bertz CT molecular complexity index is 748. The van der Waals surface area contributed by atoms with Crippen molar-refractivity contribution >= 4 is 5.91 Å². The molecular formula is C25H34N2O. The summed E-state index contributed by atoms with van der Waals surface area (Å²) in [5.41, 5.74) is 3.43. The van der Waals surface area contributed by atoms with E-state index in [2.05, 4.69) is 48.3 Å². The van der Waals surface area contributed by atoms with Crippen molar-refractivity contribution in [1.82, 2.24) is 10.2 Å². The quantitative estimate of drug-likeness (QED) is 0.753. The minimum absolute atomic E-state index is 0.0410. The molecule has 0 radical (unpaired) electrons. The van der Waals surface area contributed by atoms with E-state index in [-0.39, 0.29) is 11.8 Å². The fraction of sp³-hybridized carbons (Fsp3) is 0.480. The highest BCUT2D eigenvalue weighted by atomic mass is 16.1. The Labute approximate surface area is 170 Å². The van der Waals surface area contributed by atoms with Gasteiger partial charge in [-0.1, -0.05) is 61.0 Å². The number of aryl methyl sites for hydroxylation is 1. The minimum Gasteiger partial charge on any atom is -0.358 e. The van der Waals surface area contributed by atoms with Gasteiger partial charge in [-0.15, -0.1) is 0 Å². The molecule has 3 heteroatoms. The molecule has 0 saturated carbocycles. The van der Waals surface area contributed by atoms with Crippen LogP contribution >= 0.6 is 0 Å². The molecule has 1 N–H and O–H groups in total. The Balaban J connectivity index is 1.69.